The van der Waals surface area contributed by atoms with Gasteiger partial charge in [0.05, 0.1) is 23.7 Å². The van der Waals surface area contributed by atoms with E-state index >= 15 is 0 Å². The summed E-state index contributed by atoms with van der Waals surface area (Å²) in [7, 11) is 0. The maximum Gasteiger partial charge on any atom is 0.307 e. The summed E-state index contributed by atoms with van der Waals surface area (Å²) in [4.78, 5) is 11.1. The van der Waals surface area contributed by atoms with Crippen molar-refractivity contribution in [3.05, 3.63) is 27.4 Å². The Morgan fingerprint density at radius 1 is 1.59 bits per heavy atom. The highest BCUT2D eigenvalue weighted by Crippen LogP contribution is 2.31. The van der Waals surface area contributed by atoms with Gasteiger partial charge in [-0.15, -0.1) is 0 Å². The van der Waals surface area contributed by atoms with Crippen LogP contribution in [0.5, 0.6) is 0 Å². The molecule has 0 unspecified atom stereocenters. The minimum atomic E-state index is -0.419. The molecule has 0 saturated heterocycles. The summed E-state index contributed by atoms with van der Waals surface area (Å²) in [5.41, 5.74) is 0.567. The largest absolute Gasteiger partial charge is 0.466 e. The average molecular weight is 325 g/mol. The number of carbonyl (C=O) groups is 1. The van der Waals surface area contributed by atoms with E-state index in [1.54, 1.807) is 6.92 Å². The van der Waals surface area contributed by atoms with Crippen molar-refractivity contribution in [1.29, 1.82) is 0 Å². The molecule has 0 spiro atoms. The van der Waals surface area contributed by atoms with Crippen LogP contribution in [-0.2, 0) is 9.53 Å². The Morgan fingerprint density at radius 3 is 2.88 bits per heavy atom. The van der Waals surface area contributed by atoms with Crippen LogP contribution < -0.4 is 5.32 Å². The molecule has 0 heterocycles. The smallest absolute Gasteiger partial charge is 0.307 e. The van der Waals surface area contributed by atoms with E-state index in [-0.39, 0.29) is 17.4 Å². The number of benzene rings is 1. The molecule has 6 heteroatoms. The Labute approximate surface area is 112 Å². The molecule has 0 aliphatic heterocycles. The third-order valence-corrected chi connectivity index (χ3v) is 2.87. The van der Waals surface area contributed by atoms with Gasteiger partial charge in [-0.05, 0) is 35.0 Å². The summed E-state index contributed by atoms with van der Waals surface area (Å²) >= 11 is 9.06. The molecule has 0 fully saturated rings. The Morgan fingerprint density at radius 2 is 2.29 bits per heavy atom. The lowest BCUT2D eigenvalue weighted by Crippen LogP contribution is -2.11. The summed E-state index contributed by atoms with van der Waals surface area (Å²) in [6, 6.07) is 2.51. The van der Waals surface area contributed by atoms with Crippen molar-refractivity contribution in [3.8, 4) is 0 Å². The molecule has 0 aliphatic carbocycles. The van der Waals surface area contributed by atoms with Gasteiger partial charge in [0, 0.05) is 11.0 Å². The van der Waals surface area contributed by atoms with Gasteiger partial charge in [-0.25, -0.2) is 4.39 Å². The van der Waals surface area contributed by atoms with Crippen LogP contribution in [0.1, 0.15) is 13.3 Å². The molecule has 0 radical (unpaired) electrons. The number of hydrogen-bond acceptors (Lipinski definition) is 3. The molecule has 0 aliphatic rings. The second kappa shape index (κ2) is 6.81. The highest BCUT2D eigenvalue weighted by Gasteiger charge is 2.08. The van der Waals surface area contributed by atoms with Crippen LogP contribution in [0.25, 0.3) is 0 Å². The molecule has 94 valence electrons. The quantitative estimate of drug-likeness (QED) is 0.841. The van der Waals surface area contributed by atoms with Gasteiger partial charge in [0.2, 0.25) is 0 Å². The summed E-state index contributed by atoms with van der Waals surface area (Å²) in [6.07, 6.45) is 0.230. The molecule has 1 aromatic rings. The molecule has 0 bridgehead atoms. The zero-order valence-electron chi connectivity index (χ0n) is 9.23. The van der Waals surface area contributed by atoms with Crippen LogP contribution in [0.2, 0.25) is 5.02 Å². The van der Waals surface area contributed by atoms with E-state index in [4.69, 9.17) is 16.3 Å². The van der Waals surface area contributed by atoms with E-state index in [2.05, 4.69) is 21.2 Å². The summed E-state index contributed by atoms with van der Waals surface area (Å²) in [5, 5.41) is 3.22. The van der Waals surface area contributed by atoms with Crippen molar-refractivity contribution in [2.24, 2.45) is 0 Å². The van der Waals surface area contributed by atoms with E-state index < -0.39 is 5.82 Å². The van der Waals surface area contributed by atoms with Gasteiger partial charge >= 0.3 is 5.97 Å². The number of nitrogens with one attached hydrogen (secondary N) is 1. The van der Waals surface area contributed by atoms with Gasteiger partial charge < -0.3 is 10.1 Å². The van der Waals surface area contributed by atoms with Crippen LogP contribution in [0.4, 0.5) is 10.1 Å². The first-order valence-corrected chi connectivity index (χ1v) is 6.25. The van der Waals surface area contributed by atoms with Gasteiger partial charge in [0.25, 0.3) is 0 Å². The van der Waals surface area contributed by atoms with Crippen LogP contribution in [-0.4, -0.2) is 19.1 Å². The Bertz CT molecular complexity index is 391. The Balaban J connectivity index is 2.55. The zero-order valence-corrected chi connectivity index (χ0v) is 11.6. The summed E-state index contributed by atoms with van der Waals surface area (Å²) in [6.45, 7) is 2.49. The third kappa shape index (κ3) is 4.52. The molecule has 0 amide bonds. The fraction of sp³-hybridized carbons (Fsp3) is 0.364. The second-order valence-corrected chi connectivity index (χ2v) is 4.49. The van der Waals surface area contributed by atoms with E-state index in [1.807, 2.05) is 0 Å². The van der Waals surface area contributed by atoms with Crippen molar-refractivity contribution >= 4 is 39.2 Å². The van der Waals surface area contributed by atoms with Crippen LogP contribution >= 0.6 is 27.5 Å². The maximum absolute atomic E-state index is 12.9. The molecular weight excluding hydrogens is 312 g/mol. The fourth-order valence-electron chi connectivity index (χ4n) is 1.23. The monoisotopic (exact) mass is 323 g/mol. The van der Waals surface area contributed by atoms with Gasteiger partial charge in [-0.2, -0.15) is 0 Å². The normalized spacial score (nSPS) is 10.1. The standard InChI is InChI=1S/C11H12BrClFNO2/c1-2-17-10(16)3-4-15-11-8(12)5-7(14)6-9(11)13/h5-6,15H,2-4H2,1H3. The average Bonchev–Trinajstić information content (AvgIpc) is 2.22. The fourth-order valence-corrected chi connectivity index (χ4v) is 2.19. The summed E-state index contributed by atoms with van der Waals surface area (Å²) in [5.74, 6) is -0.702. The van der Waals surface area contributed by atoms with Crippen molar-refractivity contribution in [2.45, 2.75) is 13.3 Å². The molecule has 1 rings (SSSR count). The topological polar surface area (TPSA) is 38.3 Å². The molecule has 3 nitrogen and oxygen atoms in total. The van der Waals surface area contributed by atoms with E-state index in [9.17, 15) is 9.18 Å². The van der Waals surface area contributed by atoms with Gasteiger partial charge in [0.15, 0.2) is 0 Å². The molecular formula is C11H12BrClFNO2. The highest BCUT2D eigenvalue weighted by molar-refractivity contribution is 9.10. The van der Waals surface area contributed by atoms with Crippen LogP contribution in [0.15, 0.2) is 16.6 Å². The number of ether oxygens (including phenoxy) is 1. The number of halogens is 3. The lowest BCUT2D eigenvalue weighted by Gasteiger charge is -2.10. The molecule has 1 N–H and O–H groups in total. The lowest BCUT2D eigenvalue weighted by atomic mass is 10.3. The number of carbonyl (C=O) groups excluding carboxylic acids is 1. The van der Waals surface area contributed by atoms with Crippen molar-refractivity contribution in [3.63, 3.8) is 0 Å². The SMILES string of the molecule is CCOC(=O)CCNc1c(Cl)cc(F)cc1Br. The highest BCUT2D eigenvalue weighted by atomic mass is 79.9. The van der Waals surface area contributed by atoms with Gasteiger partial charge in [0.1, 0.15) is 5.82 Å². The Kier molecular flexibility index (Phi) is 5.71. The molecule has 0 aromatic heterocycles. The number of anilines is 1. The van der Waals surface area contributed by atoms with Gasteiger partial charge in [-0.3, -0.25) is 4.79 Å². The predicted octanol–water partition coefficient (Wildman–Crippen LogP) is 3.61. The van der Waals surface area contributed by atoms with E-state index in [0.717, 1.165) is 0 Å². The van der Waals surface area contributed by atoms with Crippen molar-refractivity contribution in [1.82, 2.24) is 0 Å². The first-order valence-electron chi connectivity index (χ1n) is 5.08. The van der Waals surface area contributed by atoms with E-state index in [0.29, 0.717) is 23.3 Å². The van der Waals surface area contributed by atoms with Crippen molar-refractivity contribution < 1.29 is 13.9 Å². The zero-order chi connectivity index (χ0) is 12.8. The summed E-state index contributed by atoms with van der Waals surface area (Å²) < 4.78 is 18.2. The van der Waals surface area contributed by atoms with E-state index in [1.165, 1.54) is 12.1 Å². The first kappa shape index (κ1) is 14.3. The Hall–Kier alpha value is -0.810. The molecule has 17 heavy (non-hydrogen) atoms. The first-order chi connectivity index (χ1) is 8.04. The lowest BCUT2D eigenvalue weighted by molar-refractivity contribution is -0.142. The number of hydrogen-bond donors (Lipinski definition) is 1. The van der Waals surface area contributed by atoms with Crippen LogP contribution in [0.3, 0.4) is 0 Å². The minimum absolute atomic E-state index is 0.230. The molecule has 0 saturated carbocycles. The minimum Gasteiger partial charge on any atom is -0.466 e. The van der Waals surface area contributed by atoms with Gasteiger partial charge in [-0.1, -0.05) is 11.6 Å². The second-order valence-electron chi connectivity index (χ2n) is 3.23. The number of esters is 1. The maximum atomic E-state index is 12.9. The predicted molar refractivity (Wildman–Crippen MR) is 68.8 cm³/mol. The molecule has 0 atom stereocenters. The van der Waals surface area contributed by atoms with Crippen LogP contribution in [0, 0.1) is 5.82 Å². The molecule has 1 aromatic carbocycles. The number of rotatable bonds is 5. The third-order valence-electron chi connectivity index (χ3n) is 1.94. The van der Waals surface area contributed by atoms with Crippen molar-refractivity contribution in [2.75, 3.05) is 18.5 Å².